The number of nitrogens with zero attached hydrogens (tertiary/aromatic N) is 3. The van der Waals surface area contributed by atoms with Crippen LogP contribution in [-0.4, -0.2) is 86.7 Å². The normalized spacial score (nSPS) is 18.5. The molecule has 8 nitrogen and oxygen atoms in total. The van der Waals surface area contributed by atoms with Crippen LogP contribution in [0.3, 0.4) is 0 Å². The molecule has 0 radical (unpaired) electrons. The second-order valence-corrected chi connectivity index (χ2v) is 10.4. The van der Waals surface area contributed by atoms with Crippen LogP contribution in [0.5, 0.6) is 0 Å². The molecule has 0 N–H and O–H groups in total. The van der Waals surface area contributed by atoms with E-state index >= 15 is 0 Å². The molecule has 172 valence electrons. The largest absolute Gasteiger partial charge is 0.450 e. The number of benzene rings is 1. The first-order valence-electron chi connectivity index (χ1n) is 10.8. The highest BCUT2D eigenvalue weighted by Gasteiger charge is 2.32. The summed E-state index contributed by atoms with van der Waals surface area (Å²) >= 11 is 1.44. The molecule has 3 rings (SSSR count). The maximum Gasteiger partial charge on any atom is 0.409 e. The summed E-state index contributed by atoms with van der Waals surface area (Å²) in [5, 5.41) is 0. The van der Waals surface area contributed by atoms with E-state index in [-0.39, 0.29) is 43.6 Å². The number of hydrogen-bond acceptors (Lipinski definition) is 6. The van der Waals surface area contributed by atoms with E-state index in [1.807, 2.05) is 11.2 Å². The van der Waals surface area contributed by atoms with E-state index in [1.54, 1.807) is 19.1 Å². The number of ether oxygens (including phenoxy) is 1. The third kappa shape index (κ3) is 5.53. The van der Waals surface area contributed by atoms with Crippen LogP contribution >= 0.6 is 11.8 Å². The van der Waals surface area contributed by atoms with Gasteiger partial charge in [0.15, 0.2) is 0 Å². The first-order valence-corrected chi connectivity index (χ1v) is 13.4. The number of amides is 2. The van der Waals surface area contributed by atoms with E-state index in [2.05, 4.69) is 0 Å². The fourth-order valence-electron chi connectivity index (χ4n) is 3.93. The number of likely N-dealkylation sites (tertiary alicyclic amines) is 1. The van der Waals surface area contributed by atoms with Crippen molar-refractivity contribution < 1.29 is 22.7 Å². The van der Waals surface area contributed by atoms with Crippen LogP contribution in [-0.2, 0) is 14.8 Å². The number of sulfonamides is 1. The lowest BCUT2D eigenvalue weighted by Gasteiger charge is -2.33. The topological polar surface area (TPSA) is 87.2 Å². The van der Waals surface area contributed by atoms with E-state index in [0.29, 0.717) is 18.7 Å². The maximum absolute atomic E-state index is 13.3. The van der Waals surface area contributed by atoms with E-state index < -0.39 is 16.1 Å². The zero-order valence-corrected chi connectivity index (χ0v) is 19.8. The third-order valence-corrected chi connectivity index (χ3v) is 8.39. The lowest BCUT2D eigenvalue weighted by atomic mass is 10.2. The average Bonchev–Trinajstić information content (AvgIpc) is 3.08. The Labute approximate surface area is 188 Å². The van der Waals surface area contributed by atoms with Gasteiger partial charge in [0.25, 0.3) is 5.91 Å². The maximum atomic E-state index is 13.3. The van der Waals surface area contributed by atoms with Crippen molar-refractivity contribution in [2.75, 3.05) is 52.1 Å². The van der Waals surface area contributed by atoms with Crippen molar-refractivity contribution in [3.63, 3.8) is 0 Å². The fraction of sp³-hybridized carbons (Fsp3) is 0.619. The number of piperazine rings is 1. The van der Waals surface area contributed by atoms with Crippen molar-refractivity contribution in [2.24, 2.45) is 0 Å². The summed E-state index contributed by atoms with van der Waals surface area (Å²) in [6.45, 7) is 4.38. The molecule has 10 heteroatoms. The summed E-state index contributed by atoms with van der Waals surface area (Å²) in [4.78, 5) is 29.3. The number of carbonyl (C=O) groups is 2. The Kier molecular flexibility index (Phi) is 8.23. The van der Waals surface area contributed by atoms with E-state index in [4.69, 9.17) is 4.74 Å². The van der Waals surface area contributed by atoms with Crippen molar-refractivity contribution >= 4 is 33.8 Å². The van der Waals surface area contributed by atoms with Gasteiger partial charge in [0.1, 0.15) is 0 Å². The van der Waals surface area contributed by atoms with Gasteiger partial charge in [-0.25, -0.2) is 13.2 Å². The molecular formula is C21H31N3O5S2. The Bertz CT molecular complexity index is 890. The predicted molar refractivity (Wildman–Crippen MR) is 120 cm³/mol. The molecule has 1 aromatic rings. The Hall–Kier alpha value is -1.78. The molecule has 2 aliphatic rings. The molecule has 0 bridgehead atoms. The van der Waals surface area contributed by atoms with Crippen LogP contribution in [0.15, 0.2) is 28.0 Å². The van der Waals surface area contributed by atoms with Gasteiger partial charge in [-0.15, -0.1) is 11.8 Å². The number of thioether (sulfide) groups is 1. The minimum absolute atomic E-state index is 0.101. The Balaban J connectivity index is 1.80. The zero-order valence-electron chi connectivity index (χ0n) is 18.2. The molecule has 2 aliphatic heterocycles. The molecule has 0 saturated carbocycles. The van der Waals surface area contributed by atoms with Gasteiger partial charge in [-0.1, -0.05) is 12.8 Å². The van der Waals surface area contributed by atoms with Gasteiger partial charge in [-0.3, -0.25) is 4.79 Å². The monoisotopic (exact) mass is 469 g/mol. The fourth-order valence-corrected chi connectivity index (χ4v) is 5.95. The number of hydrogen-bond donors (Lipinski definition) is 0. The van der Waals surface area contributed by atoms with Crippen molar-refractivity contribution in [2.45, 2.75) is 42.4 Å². The Morgan fingerprint density at radius 3 is 2.19 bits per heavy atom. The molecular weight excluding hydrogens is 438 g/mol. The summed E-state index contributed by atoms with van der Waals surface area (Å²) in [5.74, 6) is -0.101. The predicted octanol–water partition coefficient (Wildman–Crippen LogP) is 2.89. The van der Waals surface area contributed by atoms with Crippen LogP contribution in [0, 0.1) is 0 Å². The summed E-state index contributed by atoms with van der Waals surface area (Å²) < 4.78 is 32.9. The molecule has 1 aromatic carbocycles. The van der Waals surface area contributed by atoms with Crippen molar-refractivity contribution in [3.05, 3.63) is 23.8 Å². The average molecular weight is 470 g/mol. The summed E-state index contributed by atoms with van der Waals surface area (Å²) in [7, 11) is -3.77. The van der Waals surface area contributed by atoms with E-state index in [9.17, 15) is 18.0 Å². The van der Waals surface area contributed by atoms with Crippen LogP contribution in [0.2, 0.25) is 0 Å². The number of carbonyl (C=O) groups excluding carboxylic acids is 2. The smallest absolute Gasteiger partial charge is 0.409 e. The highest BCUT2D eigenvalue weighted by Crippen LogP contribution is 2.28. The van der Waals surface area contributed by atoms with Gasteiger partial charge in [0.05, 0.1) is 17.1 Å². The highest BCUT2D eigenvalue weighted by atomic mass is 32.2. The molecule has 31 heavy (non-hydrogen) atoms. The Morgan fingerprint density at radius 1 is 0.968 bits per heavy atom. The van der Waals surface area contributed by atoms with Crippen LogP contribution in [0.4, 0.5) is 4.79 Å². The molecule has 2 amide bonds. The van der Waals surface area contributed by atoms with Gasteiger partial charge < -0.3 is 14.5 Å². The van der Waals surface area contributed by atoms with Gasteiger partial charge in [-0.05, 0) is 44.2 Å². The minimum atomic E-state index is -3.77. The van der Waals surface area contributed by atoms with Gasteiger partial charge in [0, 0.05) is 44.2 Å². The van der Waals surface area contributed by atoms with Gasteiger partial charge in [0.2, 0.25) is 10.0 Å². The summed E-state index contributed by atoms with van der Waals surface area (Å²) in [5.41, 5.74) is 0.445. The Morgan fingerprint density at radius 2 is 1.61 bits per heavy atom. The van der Waals surface area contributed by atoms with Gasteiger partial charge >= 0.3 is 6.09 Å². The second kappa shape index (κ2) is 10.7. The standard InChI is InChI=1S/C21H31N3O5S2/c1-3-29-21(26)23-12-14-24(15-13-23)31(27,28)17-8-9-19(30-2)18(16-17)20(25)22-10-6-4-5-7-11-22/h8-9,16H,3-7,10-15H2,1-2H3. The van der Waals surface area contributed by atoms with Gasteiger partial charge in [-0.2, -0.15) is 4.31 Å². The van der Waals surface area contributed by atoms with Crippen LogP contribution in [0.25, 0.3) is 0 Å². The molecule has 0 spiro atoms. The zero-order chi connectivity index (χ0) is 22.4. The molecule has 0 aromatic heterocycles. The first kappa shape index (κ1) is 23.9. The third-order valence-electron chi connectivity index (χ3n) is 5.70. The molecule has 0 aliphatic carbocycles. The van der Waals surface area contributed by atoms with Crippen LogP contribution < -0.4 is 0 Å². The first-order chi connectivity index (χ1) is 14.9. The van der Waals surface area contributed by atoms with E-state index in [0.717, 1.165) is 30.6 Å². The van der Waals surface area contributed by atoms with Crippen molar-refractivity contribution in [3.8, 4) is 0 Å². The molecule has 2 saturated heterocycles. The molecule has 0 unspecified atom stereocenters. The number of rotatable bonds is 5. The SMILES string of the molecule is CCOC(=O)N1CCN(S(=O)(=O)c2ccc(SC)c(C(=O)N3CCCCCC3)c2)CC1. The van der Waals surface area contributed by atoms with Crippen LogP contribution in [0.1, 0.15) is 43.0 Å². The van der Waals surface area contributed by atoms with Crippen molar-refractivity contribution in [1.29, 1.82) is 0 Å². The second-order valence-electron chi connectivity index (χ2n) is 7.66. The van der Waals surface area contributed by atoms with Crippen molar-refractivity contribution in [1.82, 2.24) is 14.1 Å². The minimum Gasteiger partial charge on any atom is -0.450 e. The summed E-state index contributed by atoms with van der Waals surface area (Å²) in [6, 6.07) is 4.81. The van der Waals surface area contributed by atoms with E-state index in [1.165, 1.54) is 27.0 Å². The lowest BCUT2D eigenvalue weighted by Crippen LogP contribution is -2.50. The molecule has 2 fully saturated rings. The lowest BCUT2D eigenvalue weighted by molar-refractivity contribution is 0.0757. The molecule has 2 heterocycles. The highest BCUT2D eigenvalue weighted by molar-refractivity contribution is 7.98. The summed E-state index contributed by atoms with van der Waals surface area (Å²) in [6.07, 6.45) is 5.65. The molecule has 0 atom stereocenters. The quantitative estimate of drug-likeness (QED) is 0.617.